The number of amides is 1. The Morgan fingerprint density at radius 2 is 1.81 bits per heavy atom. The van der Waals surface area contributed by atoms with Gasteiger partial charge in [0.1, 0.15) is 0 Å². The number of carbonyl (C=O) groups is 2. The van der Waals surface area contributed by atoms with Crippen LogP contribution in [0.25, 0.3) is 10.8 Å². The largest absolute Gasteiger partial charge is 0.449 e. The number of halogens is 1. The molecule has 5 nitrogen and oxygen atoms in total. The van der Waals surface area contributed by atoms with Crippen LogP contribution in [0.2, 0.25) is 5.02 Å². The van der Waals surface area contributed by atoms with Crippen molar-refractivity contribution >= 4 is 40.1 Å². The Balaban J connectivity index is 2.06. The standard InChI is InChI=1S/C21H18ClNO4/c1-3-26-21(25)23(2)18-12-11-14-7-4-5-10-17(14)19(18)27-20(24)15-8-6-9-16(22)13-15/h4-13H,3H2,1-2H3. The summed E-state index contributed by atoms with van der Waals surface area (Å²) in [5.74, 6) is -0.277. The van der Waals surface area contributed by atoms with Crippen LogP contribution in [0, 0.1) is 0 Å². The van der Waals surface area contributed by atoms with Crippen molar-refractivity contribution in [3.05, 3.63) is 71.2 Å². The topological polar surface area (TPSA) is 55.8 Å². The van der Waals surface area contributed by atoms with E-state index in [0.717, 1.165) is 5.39 Å². The molecule has 27 heavy (non-hydrogen) atoms. The van der Waals surface area contributed by atoms with Crippen molar-refractivity contribution in [2.75, 3.05) is 18.6 Å². The summed E-state index contributed by atoms with van der Waals surface area (Å²) in [4.78, 5) is 26.2. The van der Waals surface area contributed by atoms with Gasteiger partial charge < -0.3 is 9.47 Å². The zero-order chi connectivity index (χ0) is 19.4. The van der Waals surface area contributed by atoms with E-state index in [9.17, 15) is 9.59 Å². The van der Waals surface area contributed by atoms with Crippen LogP contribution in [0.1, 0.15) is 17.3 Å². The molecule has 0 unspecified atom stereocenters. The van der Waals surface area contributed by atoms with Crippen molar-refractivity contribution < 1.29 is 19.1 Å². The van der Waals surface area contributed by atoms with Crippen molar-refractivity contribution in [3.63, 3.8) is 0 Å². The number of anilines is 1. The molecule has 0 heterocycles. The molecule has 3 aromatic rings. The lowest BCUT2D eigenvalue weighted by Crippen LogP contribution is -2.28. The first-order chi connectivity index (χ1) is 13.0. The van der Waals surface area contributed by atoms with Gasteiger partial charge in [-0.2, -0.15) is 0 Å². The van der Waals surface area contributed by atoms with Gasteiger partial charge in [0.2, 0.25) is 0 Å². The molecule has 0 saturated heterocycles. The average Bonchev–Trinajstić information content (AvgIpc) is 2.68. The smallest absolute Gasteiger partial charge is 0.414 e. The monoisotopic (exact) mass is 383 g/mol. The number of esters is 1. The number of hydrogen-bond donors (Lipinski definition) is 0. The van der Waals surface area contributed by atoms with Crippen molar-refractivity contribution in [2.24, 2.45) is 0 Å². The van der Waals surface area contributed by atoms with E-state index < -0.39 is 12.1 Å². The minimum atomic E-state index is -0.563. The van der Waals surface area contributed by atoms with E-state index in [0.29, 0.717) is 21.7 Å². The van der Waals surface area contributed by atoms with Crippen LogP contribution in [0.15, 0.2) is 60.7 Å². The normalized spacial score (nSPS) is 10.5. The highest BCUT2D eigenvalue weighted by Gasteiger charge is 2.21. The van der Waals surface area contributed by atoms with E-state index in [1.165, 1.54) is 11.0 Å². The number of nitrogens with zero attached hydrogens (tertiary/aromatic N) is 1. The highest BCUT2D eigenvalue weighted by atomic mass is 35.5. The third kappa shape index (κ3) is 4.04. The Kier molecular flexibility index (Phi) is 5.62. The molecular weight excluding hydrogens is 366 g/mol. The summed E-state index contributed by atoms with van der Waals surface area (Å²) in [6.07, 6.45) is -0.534. The van der Waals surface area contributed by atoms with Gasteiger partial charge in [-0.25, -0.2) is 9.59 Å². The van der Waals surface area contributed by atoms with Crippen LogP contribution < -0.4 is 9.64 Å². The van der Waals surface area contributed by atoms with Crippen molar-refractivity contribution in [1.82, 2.24) is 0 Å². The highest BCUT2D eigenvalue weighted by molar-refractivity contribution is 6.30. The second-order valence-corrected chi connectivity index (χ2v) is 6.23. The lowest BCUT2D eigenvalue weighted by Gasteiger charge is -2.21. The number of benzene rings is 3. The van der Waals surface area contributed by atoms with E-state index in [1.54, 1.807) is 38.2 Å². The molecule has 3 aromatic carbocycles. The molecule has 0 aliphatic heterocycles. The number of ether oxygens (including phenoxy) is 2. The summed E-state index contributed by atoms with van der Waals surface area (Å²) in [6, 6.07) is 17.5. The second kappa shape index (κ2) is 8.10. The van der Waals surface area contributed by atoms with Gasteiger partial charge in [0, 0.05) is 17.5 Å². The van der Waals surface area contributed by atoms with E-state index in [2.05, 4.69) is 0 Å². The van der Waals surface area contributed by atoms with Crippen LogP contribution in [0.3, 0.4) is 0 Å². The zero-order valence-electron chi connectivity index (χ0n) is 14.9. The summed E-state index contributed by atoms with van der Waals surface area (Å²) in [7, 11) is 1.57. The third-order valence-corrected chi connectivity index (χ3v) is 4.25. The van der Waals surface area contributed by atoms with Gasteiger partial charge in [-0.05, 0) is 36.6 Å². The maximum absolute atomic E-state index is 12.7. The Hall–Kier alpha value is -3.05. The van der Waals surface area contributed by atoms with Gasteiger partial charge in [-0.1, -0.05) is 48.0 Å². The first-order valence-electron chi connectivity index (χ1n) is 8.41. The molecule has 0 bridgehead atoms. The van der Waals surface area contributed by atoms with Gasteiger partial charge in [0.15, 0.2) is 5.75 Å². The summed E-state index contributed by atoms with van der Waals surface area (Å²) < 4.78 is 10.8. The molecule has 0 atom stereocenters. The first-order valence-corrected chi connectivity index (χ1v) is 8.79. The van der Waals surface area contributed by atoms with Gasteiger partial charge >= 0.3 is 12.1 Å². The Labute approximate surface area is 162 Å². The Bertz CT molecular complexity index is 1000. The molecule has 6 heteroatoms. The molecule has 0 aliphatic carbocycles. The van der Waals surface area contributed by atoms with Crippen LogP contribution in [-0.2, 0) is 4.74 Å². The lowest BCUT2D eigenvalue weighted by atomic mass is 10.1. The van der Waals surface area contributed by atoms with Gasteiger partial charge in [-0.15, -0.1) is 0 Å². The molecule has 0 fully saturated rings. The van der Waals surface area contributed by atoms with Gasteiger partial charge in [0.05, 0.1) is 17.9 Å². The molecular formula is C21H18ClNO4. The lowest BCUT2D eigenvalue weighted by molar-refractivity contribution is 0.0737. The van der Waals surface area contributed by atoms with Crippen molar-refractivity contribution in [1.29, 1.82) is 0 Å². The minimum Gasteiger partial charge on any atom is -0.449 e. The molecule has 3 rings (SSSR count). The molecule has 0 saturated carbocycles. The predicted octanol–water partition coefficient (Wildman–Crippen LogP) is 5.31. The van der Waals surface area contributed by atoms with E-state index >= 15 is 0 Å². The van der Waals surface area contributed by atoms with Gasteiger partial charge in [0.25, 0.3) is 0 Å². The molecule has 0 spiro atoms. The van der Waals surface area contributed by atoms with Crippen molar-refractivity contribution in [3.8, 4) is 5.75 Å². The number of fused-ring (bicyclic) bond motifs is 1. The van der Waals surface area contributed by atoms with Gasteiger partial charge in [-0.3, -0.25) is 4.90 Å². The predicted molar refractivity (Wildman–Crippen MR) is 106 cm³/mol. The summed E-state index contributed by atoms with van der Waals surface area (Å²) in [5.41, 5.74) is 0.753. The SMILES string of the molecule is CCOC(=O)N(C)c1ccc2ccccc2c1OC(=O)c1cccc(Cl)c1. The Morgan fingerprint density at radius 3 is 2.56 bits per heavy atom. The number of hydrogen-bond acceptors (Lipinski definition) is 4. The minimum absolute atomic E-state index is 0.244. The third-order valence-electron chi connectivity index (χ3n) is 4.02. The fourth-order valence-corrected chi connectivity index (χ4v) is 2.88. The highest BCUT2D eigenvalue weighted by Crippen LogP contribution is 2.36. The molecule has 0 aromatic heterocycles. The number of carbonyl (C=O) groups excluding carboxylic acids is 2. The van der Waals surface area contributed by atoms with Crippen LogP contribution in [0.4, 0.5) is 10.5 Å². The quantitative estimate of drug-likeness (QED) is 0.453. The molecule has 1 amide bonds. The summed E-state index contributed by atoms with van der Waals surface area (Å²) >= 11 is 5.97. The zero-order valence-corrected chi connectivity index (χ0v) is 15.7. The first kappa shape index (κ1) is 18.7. The second-order valence-electron chi connectivity index (χ2n) is 5.79. The van der Waals surface area contributed by atoms with Crippen LogP contribution in [0.5, 0.6) is 5.75 Å². The maximum Gasteiger partial charge on any atom is 0.414 e. The fraction of sp³-hybridized carbons (Fsp3) is 0.143. The van der Waals surface area contributed by atoms with E-state index in [4.69, 9.17) is 21.1 Å². The molecule has 0 aliphatic rings. The molecule has 0 N–H and O–H groups in total. The van der Waals surface area contributed by atoms with E-state index in [1.807, 2.05) is 30.3 Å². The van der Waals surface area contributed by atoms with E-state index in [-0.39, 0.29) is 12.4 Å². The summed E-state index contributed by atoms with van der Waals surface area (Å²) in [6.45, 7) is 1.97. The fourth-order valence-electron chi connectivity index (χ4n) is 2.69. The average molecular weight is 384 g/mol. The molecule has 138 valence electrons. The van der Waals surface area contributed by atoms with Crippen molar-refractivity contribution in [2.45, 2.75) is 6.92 Å². The Morgan fingerprint density at radius 1 is 1.04 bits per heavy atom. The molecule has 0 radical (unpaired) electrons. The van der Waals surface area contributed by atoms with Crippen LogP contribution >= 0.6 is 11.6 Å². The number of rotatable bonds is 4. The van der Waals surface area contributed by atoms with Crippen LogP contribution in [-0.4, -0.2) is 25.7 Å². The maximum atomic E-state index is 12.7. The summed E-state index contributed by atoms with van der Waals surface area (Å²) in [5, 5.41) is 2.03.